The quantitative estimate of drug-likeness (QED) is 0.484. The summed E-state index contributed by atoms with van der Waals surface area (Å²) in [5.41, 5.74) is 2.71. The van der Waals surface area contributed by atoms with Crippen LogP contribution in [0.3, 0.4) is 0 Å². The lowest BCUT2D eigenvalue weighted by molar-refractivity contribution is -0.168. The zero-order chi connectivity index (χ0) is 30.1. The van der Waals surface area contributed by atoms with E-state index >= 15 is 0 Å². The molecular formula is C26H25ClF6N4O4. The van der Waals surface area contributed by atoms with Gasteiger partial charge in [-0.2, -0.15) is 26.3 Å². The van der Waals surface area contributed by atoms with E-state index in [-0.39, 0.29) is 45.1 Å². The molecule has 2 N–H and O–H groups in total. The number of hydrogen-bond donors (Lipinski definition) is 1. The van der Waals surface area contributed by atoms with E-state index in [0.29, 0.717) is 22.7 Å². The Morgan fingerprint density at radius 1 is 1.02 bits per heavy atom. The van der Waals surface area contributed by atoms with Crippen LogP contribution in [0.5, 0.6) is 0 Å². The predicted molar refractivity (Wildman–Crippen MR) is 133 cm³/mol. The summed E-state index contributed by atoms with van der Waals surface area (Å²) < 4.78 is 84.5. The number of alkyl halides is 6. The summed E-state index contributed by atoms with van der Waals surface area (Å²) in [5.74, 6) is -0.810. The fourth-order valence-corrected chi connectivity index (χ4v) is 5.13. The molecule has 0 spiro atoms. The molecular weight excluding hydrogens is 582 g/mol. The summed E-state index contributed by atoms with van der Waals surface area (Å²) in [6, 6.07) is 6.70. The molecule has 2 aliphatic heterocycles. The van der Waals surface area contributed by atoms with Crippen molar-refractivity contribution in [2.24, 2.45) is 5.73 Å². The highest BCUT2D eigenvalue weighted by atomic mass is 35.5. The van der Waals surface area contributed by atoms with Crippen LogP contribution in [0.4, 0.5) is 31.1 Å². The molecule has 0 aliphatic carbocycles. The molecule has 222 valence electrons. The van der Waals surface area contributed by atoms with E-state index < -0.39 is 65.8 Å². The molecule has 8 nitrogen and oxygen atoms in total. The van der Waals surface area contributed by atoms with E-state index in [9.17, 15) is 40.7 Å². The Hall–Kier alpha value is -3.52. The Balaban J connectivity index is 1.58. The van der Waals surface area contributed by atoms with Crippen LogP contribution in [-0.4, -0.2) is 64.4 Å². The molecule has 2 fully saturated rings. The van der Waals surface area contributed by atoms with Crippen molar-refractivity contribution in [3.05, 3.63) is 69.7 Å². The average Bonchev–Trinajstić information content (AvgIpc) is 2.90. The number of hydrogen-bond acceptors (Lipinski definition) is 5. The van der Waals surface area contributed by atoms with E-state index in [1.54, 1.807) is 24.3 Å². The van der Waals surface area contributed by atoms with Crippen molar-refractivity contribution in [2.45, 2.75) is 50.6 Å². The molecule has 2 heterocycles. The van der Waals surface area contributed by atoms with E-state index in [1.807, 2.05) is 0 Å². The summed E-state index contributed by atoms with van der Waals surface area (Å²) in [5, 5.41) is 0.397. The van der Waals surface area contributed by atoms with Crippen LogP contribution in [0.15, 0.2) is 42.5 Å². The van der Waals surface area contributed by atoms with Crippen molar-refractivity contribution in [3.63, 3.8) is 0 Å². The Kier molecular flexibility index (Phi) is 8.73. The van der Waals surface area contributed by atoms with Crippen LogP contribution < -0.4 is 5.73 Å². The van der Waals surface area contributed by atoms with Gasteiger partial charge in [-0.1, -0.05) is 29.8 Å². The number of carbonyl (C=O) groups is 3. The molecule has 2 atom stereocenters. The van der Waals surface area contributed by atoms with Gasteiger partial charge >= 0.3 is 18.4 Å². The van der Waals surface area contributed by atoms with Gasteiger partial charge in [-0.05, 0) is 48.4 Å². The van der Waals surface area contributed by atoms with Gasteiger partial charge in [0.05, 0.1) is 17.7 Å². The first kappa shape index (κ1) is 30.4. The number of halogens is 7. The number of rotatable bonds is 6. The fraction of sp³-hybridized carbons (Fsp3) is 0.423. The minimum Gasteiger partial charge on any atom is -0.444 e. The van der Waals surface area contributed by atoms with Crippen molar-refractivity contribution in [1.82, 2.24) is 14.7 Å². The van der Waals surface area contributed by atoms with Gasteiger partial charge in [0.25, 0.3) is 0 Å². The Bertz CT molecular complexity index is 1290. The van der Waals surface area contributed by atoms with Gasteiger partial charge in [-0.15, -0.1) is 0 Å². The monoisotopic (exact) mass is 606 g/mol. The molecule has 41 heavy (non-hydrogen) atoms. The minimum atomic E-state index is -5.06. The van der Waals surface area contributed by atoms with Crippen molar-refractivity contribution in [2.75, 3.05) is 19.6 Å². The van der Waals surface area contributed by atoms with Gasteiger partial charge in [0.2, 0.25) is 11.8 Å². The van der Waals surface area contributed by atoms with Crippen LogP contribution in [0.1, 0.15) is 35.1 Å². The van der Waals surface area contributed by atoms with Crippen LogP contribution >= 0.6 is 11.6 Å². The number of benzene rings is 2. The van der Waals surface area contributed by atoms with Gasteiger partial charge in [-0.25, -0.2) is 4.79 Å². The van der Waals surface area contributed by atoms with Gasteiger partial charge in [0.15, 0.2) is 0 Å². The second-order valence-electron chi connectivity index (χ2n) is 9.60. The van der Waals surface area contributed by atoms with Crippen molar-refractivity contribution in [1.29, 1.82) is 0 Å². The molecule has 15 heteroatoms. The highest BCUT2D eigenvalue weighted by molar-refractivity contribution is 6.31. The Labute approximate surface area is 235 Å². The number of nitrogens with two attached hydrogens (primary N) is 1. The number of piperazine rings is 1. The highest BCUT2D eigenvalue weighted by Crippen LogP contribution is 2.37. The third kappa shape index (κ3) is 6.70. The summed E-state index contributed by atoms with van der Waals surface area (Å²) >= 11 is 6.26. The minimum absolute atomic E-state index is 0.0242. The summed E-state index contributed by atoms with van der Waals surface area (Å²) in [6.45, 7) is -1.05. The van der Waals surface area contributed by atoms with Crippen LogP contribution in [0.25, 0.3) is 0 Å². The van der Waals surface area contributed by atoms with Gasteiger partial charge in [0, 0.05) is 24.5 Å². The molecule has 4 rings (SSSR count). The number of carbonyl (C=O) groups excluding carboxylic acids is 3. The van der Waals surface area contributed by atoms with Crippen molar-refractivity contribution < 1.29 is 45.5 Å². The zero-order valence-corrected chi connectivity index (χ0v) is 22.1. The molecule has 0 bridgehead atoms. The number of amides is 3. The smallest absolute Gasteiger partial charge is 0.416 e. The number of ether oxygens (including phenoxy) is 1. The lowest BCUT2D eigenvalue weighted by Crippen LogP contribution is -2.71. The first-order valence-electron chi connectivity index (χ1n) is 12.5. The lowest BCUT2D eigenvalue weighted by atomic mass is 10.0. The van der Waals surface area contributed by atoms with Crippen LogP contribution in [0.2, 0.25) is 5.02 Å². The number of nitrogens with zero attached hydrogens (tertiary/aromatic N) is 3. The normalized spacial score (nSPS) is 19.9. The Morgan fingerprint density at radius 2 is 1.66 bits per heavy atom. The maximum Gasteiger partial charge on any atom is 0.416 e. The first-order valence-corrected chi connectivity index (χ1v) is 12.8. The zero-order valence-electron chi connectivity index (χ0n) is 21.3. The molecule has 2 saturated heterocycles. The van der Waals surface area contributed by atoms with Gasteiger partial charge in [-0.3, -0.25) is 14.5 Å². The number of fused-ring (bicyclic) bond motifs is 1. The Morgan fingerprint density at radius 3 is 2.24 bits per heavy atom. The largest absolute Gasteiger partial charge is 0.444 e. The van der Waals surface area contributed by atoms with E-state index in [1.165, 1.54) is 9.80 Å². The highest BCUT2D eigenvalue weighted by Gasteiger charge is 2.49. The molecule has 2 aliphatic rings. The van der Waals surface area contributed by atoms with Gasteiger partial charge in [0.1, 0.15) is 18.8 Å². The molecule has 3 amide bonds. The molecule has 0 unspecified atom stereocenters. The molecule has 0 radical (unpaired) electrons. The van der Waals surface area contributed by atoms with Crippen molar-refractivity contribution in [3.8, 4) is 0 Å². The predicted octanol–water partition coefficient (Wildman–Crippen LogP) is 4.63. The second-order valence-corrected chi connectivity index (χ2v) is 10.0. The fourth-order valence-electron chi connectivity index (χ4n) is 4.93. The van der Waals surface area contributed by atoms with Crippen LogP contribution in [-0.2, 0) is 39.8 Å². The molecule has 2 aromatic rings. The second kappa shape index (κ2) is 11.8. The standard InChI is InChI=1S/C26H25ClF6N4O4/c27-19-4-2-1-3-16(19)12-35-13-21-36(8-6-22(38)37(21)20(5-7-34)23(35)39)24(40)41-14-15-9-17(25(28,29)30)11-18(10-15)26(31,32)33/h1-4,9-11,20-21H,5-8,12-14,34H2/t20-,21+/m0/s1. The first-order chi connectivity index (χ1) is 19.2. The third-order valence-electron chi connectivity index (χ3n) is 6.86. The summed E-state index contributed by atoms with van der Waals surface area (Å²) in [6.07, 6.45) is -12.3. The molecule has 2 aromatic carbocycles. The third-order valence-corrected chi connectivity index (χ3v) is 7.22. The summed E-state index contributed by atoms with van der Waals surface area (Å²) in [4.78, 5) is 43.2. The topological polar surface area (TPSA) is 96.2 Å². The van der Waals surface area contributed by atoms with Crippen molar-refractivity contribution >= 4 is 29.5 Å². The van der Waals surface area contributed by atoms with Gasteiger partial charge < -0.3 is 20.3 Å². The average molecular weight is 607 g/mol. The SMILES string of the molecule is NCC[C@H]1C(=O)N(Cc2ccccc2Cl)C[C@@H]2N(C(=O)OCc3cc(C(F)(F)F)cc(C(F)(F)F)c3)CCC(=O)N21. The molecule has 0 aromatic heterocycles. The van der Waals surface area contributed by atoms with E-state index in [0.717, 1.165) is 4.90 Å². The summed E-state index contributed by atoms with van der Waals surface area (Å²) in [7, 11) is 0. The maximum absolute atomic E-state index is 13.4. The van der Waals surface area contributed by atoms with Crippen LogP contribution in [0, 0.1) is 0 Å². The van der Waals surface area contributed by atoms with E-state index in [4.69, 9.17) is 22.1 Å². The maximum atomic E-state index is 13.4. The molecule has 0 saturated carbocycles. The van der Waals surface area contributed by atoms with E-state index in [2.05, 4.69) is 0 Å². The lowest BCUT2D eigenvalue weighted by Gasteiger charge is -2.51.